The predicted molar refractivity (Wildman–Crippen MR) is 398 cm³/mol. The summed E-state index contributed by atoms with van der Waals surface area (Å²) in [5.74, 6) is -7.47. The van der Waals surface area contributed by atoms with E-state index in [4.69, 9.17) is 70.3 Å². The number of aromatic hydroxyl groups is 4. The highest BCUT2D eigenvalue weighted by molar-refractivity contribution is 14.0. The van der Waals surface area contributed by atoms with Crippen LogP contribution in [0.2, 0.25) is 0 Å². The van der Waals surface area contributed by atoms with Gasteiger partial charge in [-0.05, 0) is 132 Å². The summed E-state index contributed by atoms with van der Waals surface area (Å²) in [6.07, 6.45) is -7.03. The van der Waals surface area contributed by atoms with Crippen molar-refractivity contribution in [3.05, 3.63) is 225 Å². The molecule has 8 aromatic carbocycles. The van der Waals surface area contributed by atoms with E-state index in [1.54, 1.807) is 36.4 Å². The van der Waals surface area contributed by atoms with Crippen LogP contribution in [0.15, 0.2) is 164 Å². The Hall–Kier alpha value is -13.4. The van der Waals surface area contributed by atoms with E-state index in [1.807, 2.05) is 0 Å². The van der Waals surface area contributed by atoms with Gasteiger partial charge in [-0.2, -0.15) is 0 Å². The zero-order chi connectivity index (χ0) is 83.1. The van der Waals surface area contributed by atoms with Gasteiger partial charge in [-0.25, -0.2) is 20.3 Å². The average Bonchev–Trinajstić information content (AvgIpc) is 1.63. The van der Waals surface area contributed by atoms with Crippen molar-refractivity contribution in [2.45, 2.75) is 75.1 Å². The summed E-state index contributed by atoms with van der Waals surface area (Å²) < 4.78 is 31.0. The number of phenols is 4. The molecule has 6 heterocycles. The summed E-state index contributed by atoms with van der Waals surface area (Å²) in [5, 5.41) is 140. The minimum atomic E-state index is -1.89. The Kier molecular flexibility index (Phi) is 31.2. The van der Waals surface area contributed by atoms with Crippen molar-refractivity contribution in [2.24, 2.45) is 17.4 Å². The van der Waals surface area contributed by atoms with E-state index in [0.717, 1.165) is 30.6 Å². The number of phenolic OH excluding ortho intramolecular Hbond substituents is 4. The standard InChI is InChI=1S/2C18H13NO7.C17H13NO7.C10H11NO5.C9H11NO5.C2H4O.CH4.HI.H3NO/c2*20-15(9-5-6-12-13(7-9)26-8-25-12)14(18(23)24)19-16(21)10-3-1-2-4-11(10)17(19)22;19-11-6-5-8(7-12(11)20)14(21)13(17(24)25)18-15(22)9-3-1-2-4-10(9)16(18)23;11-8(10(13)14)9(12)5-1-2-6-7(3-5)16-4-15-6;10-7(9(14)15)8(13)4-1-2-5(11)6(12)3-4;1-2-3;;;1-2/h2*1-7,14-15,20H,8H2,(H,23,24);1-7,13-14,19-21H,(H,24,25);1-3,8-9,12H,4,11H2,(H,13,14);1-3,7-8,11-13H,10H2,(H,14,15);2H,1H3;1H4;1H;2H,1H2/t14-,15+;;13-,14+;;7-,8+;;;;/m0.0.0..../s1. The summed E-state index contributed by atoms with van der Waals surface area (Å²) in [7, 11) is 0. The summed E-state index contributed by atoms with van der Waals surface area (Å²) in [6.45, 7) is 1.62. The number of nitrogens with two attached hydrogens (primary N) is 3. The number of rotatable bonds is 18. The summed E-state index contributed by atoms with van der Waals surface area (Å²) in [4.78, 5) is 142. The molecule has 14 rings (SSSR count). The molecule has 10 atom stereocenters. The van der Waals surface area contributed by atoms with E-state index in [9.17, 15) is 104 Å². The van der Waals surface area contributed by atoms with Gasteiger partial charge in [0.25, 0.3) is 35.4 Å². The fraction of sp³-hybridized carbons (Fsp3) is 0.200. The lowest BCUT2D eigenvalue weighted by Crippen LogP contribution is -2.48. The highest BCUT2D eigenvalue weighted by Crippen LogP contribution is 2.41. The van der Waals surface area contributed by atoms with Gasteiger partial charge >= 0.3 is 29.8 Å². The van der Waals surface area contributed by atoms with Gasteiger partial charge in [0.2, 0.25) is 20.4 Å². The second-order valence-corrected chi connectivity index (χ2v) is 23.9. The number of hydrogen-bond acceptors (Lipinski definition) is 31. The van der Waals surface area contributed by atoms with Gasteiger partial charge in [0.05, 0.1) is 33.4 Å². The van der Waals surface area contributed by atoms with Crippen LogP contribution in [0.5, 0.6) is 57.5 Å². The lowest BCUT2D eigenvalue weighted by atomic mass is 10.0. The topological polar surface area (TPSA) is 651 Å². The minimum absolute atomic E-state index is 0. The molecule has 8 aromatic rings. The third kappa shape index (κ3) is 19.7. The first-order valence-corrected chi connectivity index (χ1v) is 32.6. The molecule has 39 nitrogen and oxygen atoms in total. The summed E-state index contributed by atoms with van der Waals surface area (Å²) in [5.41, 5.74) is 11.9. The molecule has 6 aliphatic rings. The van der Waals surface area contributed by atoms with Crippen LogP contribution in [0.1, 0.15) is 135 Å². The van der Waals surface area contributed by atoms with Gasteiger partial charge in [0, 0.05) is 0 Å². The first-order chi connectivity index (χ1) is 53.7. The van der Waals surface area contributed by atoms with E-state index in [0.29, 0.717) is 54.8 Å². The predicted octanol–water partition coefficient (Wildman–Crippen LogP) is 3.47. The number of carbonyl (C=O) groups excluding carboxylic acids is 7. The molecule has 0 saturated heterocycles. The number of amides is 6. The third-order valence-electron chi connectivity index (χ3n) is 17.1. The number of benzene rings is 8. The Labute approximate surface area is 665 Å². The second kappa shape index (κ2) is 39.7. The molecule has 6 amide bonds. The fourth-order valence-electron chi connectivity index (χ4n) is 11.5. The molecule has 21 N–H and O–H groups in total. The first kappa shape index (κ1) is 90.5. The molecule has 115 heavy (non-hydrogen) atoms. The van der Waals surface area contributed by atoms with Gasteiger partial charge in [0.15, 0.2) is 75.6 Å². The number of aliphatic hydroxyl groups is 5. The number of carbonyl (C=O) groups is 12. The molecule has 0 spiro atoms. The maximum atomic E-state index is 12.6. The van der Waals surface area contributed by atoms with Gasteiger partial charge in [-0.3, -0.25) is 53.1 Å². The molecule has 0 aromatic heterocycles. The SMILES string of the molecule is C.CC=O.I.NC(C(=O)O)C(O)c1ccc2c(c1)OCO2.NO.N[C@H](C(=O)O)[C@H](O)c1ccc(O)c(O)c1.O=C(O)C(C(O)c1ccc2c(c1)OCO2)N1C(=O)c2ccccc2C1=O.O=C(O)[C@H]([C@H](O)c1ccc(O)c(O)c1)N1C(=O)c2ccccc2C1=O.O=C(O)[C@H]([C@H](O)c1ccc2c(c1)OCO2)N1C(=O)c2ccccc2C1=O. The molecule has 608 valence electrons. The molecular weight excluding hydrogens is 1640 g/mol. The number of nitrogens with zero attached hydrogens (tertiary/aromatic N) is 3. The van der Waals surface area contributed by atoms with E-state index in [-0.39, 0.29) is 113 Å². The van der Waals surface area contributed by atoms with E-state index >= 15 is 0 Å². The number of imide groups is 3. The fourth-order valence-corrected chi connectivity index (χ4v) is 11.5. The highest BCUT2D eigenvalue weighted by Gasteiger charge is 2.50. The molecular formula is C75H73IN6O33. The molecule has 4 unspecified atom stereocenters. The Bertz CT molecular complexity index is 4750. The van der Waals surface area contributed by atoms with Crippen LogP contribution < -0.4 is 45.8 Å². The van der Waals surface area contributed by atoms with Crippen LogP contribution in [0.3, 0.4) is 0 Å². The summed E-state index contributed by atoms with van der Waals surface area (Å²) in [6, 6.07) is 29.9. The van der Waals surface area contributed by atoms with Crippen molar-refractivity contribution in [1.29, 1.82) is 0 Å². The molecule has 0 aliphatic carbocycles. The minimum Gasteiger partial charge on any atom is -0.504 e. The molecule has 0 radical (unpaired) electrons. The number of ether oxygens (including phenoxy) is 6. The molecule has 0 fully saturated rings. The number of aliphatic hydroxyl groups excluding tert-OH is 5. The van der Waals surface area contributed by atoms with Crippen LogP contribution in [0.4, 0.5) is 0 Å². The number of carboxylic acids is 5. The largest absolute Gasteiger partial charge is 0.504 e. The molecule has 0 bridgehead atoms. The molecule has 6 aliphatic heterocycles. The highest BCUT2D eigenvalue weighted by atomic mass is 127. The van der Waals surface area contributed by atoms with Crippen LogP contribution in [-0.4, -0.2) is 214 Å². The lowest BCUT2D eigenvalue weighted by molar-refractivity contribution is -0.146. The zero-order valence-electron chi connectivity index (χ0n) is 58.6. The number of aliphatic carboxylic acids is 5. The smallest absolute Gasteiger partial charge is 0.330 e. The quantitative estimate of drug-likeness (QED) is 0.0192. The van der Waals surface area contributed by atoms with E-state index in [1.165, 1.54) is 110 Å². The van der Waals surface area contributed by atoms with Crippen molar-refractivity contribution >= 4 is 95.6 Å². The van der Waals surface area contributed by atoms with Crippen molar-refractivity contribution < 1.29 is 163 Å². The Morgan fingerprint density at radius 1 is 0.339 bits per heavy atom. The number of carboxylic acid groups (broad SMARTS) is 5. The maximum absolute atomic E-state index is 12.6. The van der Waals surface area contributed by atoms with Crippen molar-refractivity contribution in [3.63, 3.8) is 0 Å². The first-order valence-electron chi connectivity index (χ1n) is 32.6. The second-order valence-electron chi connectivity index (χ2n) is 23.9. The van der Waals surface area contributed by atoms with Crippen LogP contribution in [0.25, 0.3) is 0 Å². The van der Waals surface area contributed by atoms with Gasteiger partial charge in [0.1, 0.15) is 48.9 Å². The van der Waals surface area contributed by atoms with Crippen molar-refractivity contribution in [3.8, 4) is 57.5 Å². The van der Waals surface area contributed by atoms with Gasteiger partial charge in [-0.15, -0.1) is 24.0 Å². The van der Waals surface area contributed by atoms with E-state index < -0.39 is 143 Å². The average molecular weight is 1710 g/mol. The number of aldehydes is 1. The van der Waals surface area contributed by atoms with Crippen molar-refractivity contribution in [1.82, 2.24) is 14.7 Å². The monoisotopic (exact) mass is 1710 g/mol. The molecule has 40 heteroatoms. The normalized spacial score (nSPS) is 15.6. The molecule has 0 saturated carbocycles. The number of hydrogen-bond donors (Lipinski definition) is 18. The van der Waals surface area contributed by atoms with Gasteiger partial charge < -0.3 is 121 Å². The summed E-state index contributed by atoms with van der Waals surface area (Å²) >= 11 is 0. The van der Waals surface area contributed by atoms with Crippen molar-refractivity contribution in [2.75, 3.05) is 20.4 Å². The third-order valence-corrected chi connectivity index (χ3v) is 17.1. The Morgan fingerprint density at radius 2 is 0.539 bits per heavy atom. The number of halogens is 1. The van der Waals surface area contributed by atoms with E-state index in [2.05, 4.69) is 5.90 Å². The van der Waals surface area contributed by atoms with Crippen LogP contribution in [-0.2, 0) is 28.8 Å². The number of fused-ring (bicyclic) bond motifs is 6. The van der Waals surface area contributed by atoms with Crippen LogP contribution in [0, 0.1) is 0 Å². The zero-order valence-corrected chi connectivity index (χ0v) is 60.9. The maximum Gasteiger partial charge on any atom is 0.330 e. The Morgan fingerprint density at radius 3 is 0.757 bits per heavy atom. The lowest BCUT2D eigenvalue weighted by Gasteiger charge is -2.27. The van der Waals surface area contributed by atoms with Crippen LogP contribution >= 0.6 is 24.0 Å². The van der Waals surface area contributed by atoms with Gasteiger partial charge in [-0.1, -0.05) is 74.2 Å². The Balaban J connectivity index is 0.000000223.